The number of carboxylic acid groups (broad SMARTS) is 1. The van der Waals surface area contributed by atoms with Crippen molar-refractivity contribution in [2.24, 2.45) is 0 Å². The predicted octanol–water partition coefficient (Wildman–Crippen LogP) is 3.69. The molecule has 12 heteroatoms. The summed E-state index contributed by atoms with van der Waals surface area (Å²) in [6.45, 7) is 14.3. The summed E-state index contributed by atoms with van der Waals surface area (Å²) >= 11 is 0. The lowest BCUT2D eigenvalue weighted by Gasteiger charge is -2.39. The third-order valence-corrected chi connectivity index (χ3v) is 11.3. The van der Waals surface area contributed by atoms with Gasteiger partial charge in [0.25, 0.3) is 0 Å². The molecule has 2 saturated heterocycles. The van der Waals surface area contributed by atoms with Crippen LogP contribution in [0.1, 0.15) is 46.4 Å². The molecule has 2 N–H and O–H groups in total. The van der Waals surface area contributed by atoms with Gasteiger partial charge < -0.3 is 23.7 Å². The number of carbonyl (C=O) groups is 1. The Balaban J connectivity index is 1.73. The van der Waals surface area contributed by atoms with E-state index in [1.807, 2.05) is 0 Å². The molecule has 4 rings (SSSR count). The van der Waals surface area contributed by atoms with Crippen LogP contribution in [0.3, 0.4) is 0 Å². The van der Waals surface area contributed by atoms with Crippen LogP contribution in [0, 0.1) is 11.3 Å². The topological polar surface area (TPSA) is 140 Å². The number of hydrogen-bond donors (Lipinski definition) is 2. The zero-order valence-corrected chi connectivity index (χ0v) is 21.4. The van der Waals surface area contributed by atoms with E-state index in [4.69, 9.17) is 23.7 Å². The Morgan fingerprint density at radius 3 is 2.65 bits per heavy atom. The Labute approximate surface area is 199 Å². The van der Waals surface area contributed by atoms with Gasteiger partial charge in [-0.2, -0.15) is 10.4 Å². The van der Waals surface area contributed by atoms with E-state index in [1.165, 1.54) is 10.8 Å². The van der Waals surface area contributed by atoms with Gasteiger partial charge in [0.15, 0.2) is 19.9 Å². The highest BCUT2D eigenvalue weighted by Crippen LogP contribution is 2.50. The maximum Gasteiger partial charge on any atom is 0.410 e. The van der Waals surface area contributed by atoms with Crippen LogP contribution in [0.5, 0.6) is 0 Å². The molecule has 34 heavy (non-hydrogen) atoms. The van der Waals surface area contributed by atoms with Crippen molar-refractivity contribution in [2.75, 3.05) is 11.9 Å². The molecule has 184 valence electrons. The van der Waals surface area contributed by atoms with Crippen LogP contribution in [0.2, 0.25) is 18.1 Å². The number of hydrogen-bond acceptors (Lipinski definition) is 8. The monoisotopic (exact) mass is 489 g/mol. The van der Waals surface area contributed by atoms with Crippen LogP contribution in [-0.2, 0) is 18.6 Å². The quantitative estimate of drug-likeness (QED) is 0.601. The number of aromatic nitrogens is 3. The molecule has 0 radical (unpaired) electrons. The summed E-state index contributed by atoms with van der Waals surface area (Å²) in [5.74, 6) is -0.783. The van der Waals surface area contributed by atoms with Crippen molar-refractivity contribution in [3.8, 4) is 6.07 Å². The fourth-order valence-electron chi connectivity index (χ4n) is 4.07. The fraction of sp³-hybridized carbons (Fsp3) is 0.636. The lowest BCUT2D eigenvalue weighted by molar-refractivity contribution is -0.204. The van der Waals surface area contributed by atoms with E-state index in [1.54, 1.807) is 26.0 Å². The molecule has 0 aliphatic carbocycles. The van der Waals surface area contributed by atoms with Crippen LogP contribution in [0.4, 0.5) is 10.6 Å². The second-order valence-electron chi connectivity index (χ2n) is 10.7. The van der Waals surface area contributed by atoms with Gasteiger partial charge in [0.05, 0.1) is 12.3 Å². The number of nitrogens with zero attached hydrogens (tertiary/aromatic N) is 4. The van der Waals surface area contributed by atoms with Crippen LogP contribution in [-0.4, -0.2) is 64.3 Å². The summed E-state index contributed by atoms with van der Waals surface area (Å²) in [7, 11) is -2.19. The van der Waals surface area contributed by atoms with Crippen molar-refractivity contribution in [2.45, 2.75) is 82.5 Å². The van der Waals surface area contributed by atoms with Crippen molar-refractivity contribution >= 4 is 25.7 Å². The smallest absolute Gasteiger partial charge is 0.410 e. The molecule has 0 saturated carbocycles. The largest absolute Gasteiger partial charge is 0.465 e. The molecule has 2 aliphatic heterocycles. The second-order valence-corrected chi connectivity index (χ2v) is 15.5. The van der Waals surface area contributed by atoms with Crippen molar-refractivity contribution in [1.29, 1.82) is 5.26 Å². The molecule has 1 amide bonds. The Hall–Kier alpha value is -2.56. The maximum atomic E-state index is 11.2. The molecule has 2 aromatic heterocycles. The molecule has 2 aliphatic rings. The summed E-state index contributed by atoms with van der Waals surface area (Å²) in [6.07, 6.45) is -1.97. The summed E-state index contributed by atoms with van der Waals surface area (Å²) in [5.41, 5.74) is -0.352. The Bertz CT molecular complexity index is 1150. The van der Waals surface area contributed by atoms with E-state index in [-0.39, 0.29) is 17.5 Å². The third-order valence-electron chi connectivity index (χ3n) is 6.87. The highest BCUT2D eigenvalue weighted by atomic mass is 28.4. The van der Waals surface area contributed by atoms with E-state index in [0.717, 1.165) is 0 Å². The summed E-state index contributed by atoms with van der Waals surface area (Å²) in [4.78, 5) is 15.2. The Morgan fingerprint density at radius 2 is 2.03 bits per heavy atom. The van der Waals surface area contributed by atoms with Gasteiger partial charge in [0.1, 0.15) is 36.2 Å². The average Bonchev–Trinajstić information content (AvgIpc) is 3.36. The van der Waals surface area contributed by atoms with Crippen LogP contribution in [0.15, 0.2) is 18.5 Å². The molecule has 2 fully saturated rings. The zero-order chi connectivity index (χ0) is 25.1. The molecular formula is C22H31N5O6Si. The van der Waals surface area contributed by atoms with Gasteiger partial charge in [-0.25, -0.2) is 14.3 Å². The van der Waals surface area contributed by atoms with E-state index >= 15 is 0 Å². The molecule has 4 atom stereocenters. The van der Waals surface area contributed by atoms with Crippen molar-refractivity contribution in [3.63, 3.8) is 0 Å². The van der Waals surface area contributed by atoms with Crippen molar-refractivity contribution in [3.05, 3.63) is 24.2 Å². The summed E-state index contributed by atoms with van der Waals surface area (Å²) in [6, 6.07) is 5.78. The maximum absolute atomic E-state index is 11.2. The van der Waals surface area contributed by atoms with Gasteiger partial charge in [-0.05, 0) is 44.1 Å². The summed E-state index contributed by atoms with van der Waals surface area (Å²) in [5, 5.41) is 25.9. The van der Waals surface area contributed by atoms with Crippen LogP contribution >= 0.6 is 0 Å². The number of anilines is 1. The third kappa shape index (κ3) is 4.07. The van der Waals surface area contributed by atoms with Crippen molar-refractivity contribution < 1.29 is 28.5 Å². The minimum absolute atomic E-state index is 0.0429. The fourth-order valence-corrected chi connectivity index (χ4v) is 5.08. The SMILES string of the molecule is CC1(C)O[C@H]2[C@H](c3ccc4c(NC(=O)O)ncnn34)O[C@](C#N)(CO[Si](C)(C)C(C)(C)C)[C@H]2O1. The minimum atomic E-state index is -2.19. The lowest BCUT2D eigenvalue weighted by Crippen LogP contribution is -2.51. The number of amides is 1. The number of nitrogens with one attached hydrogen (secondary N) is 1. The summed E-state index contributed by atoms with van der Waals surface area (Å²) < 4.78 is 26.7. The number of fused-ring (bicyclic) bond motifs is 2. The Kier molecular flexibility index (Phi) is 5.77. The molecular weight excluding hydrogens is 458 g/mol. The predicted molar refractivity (Wildman–Crippen MR) is 124 cm³/mol. The van der Waals surface area contributed by atoms with Gasteiger partial charge in [0, 0.05) is 0 Å². The number of ether oxygens (including phenoxy) is 3. The molecule has 0 bridgehead atoms. The average molecular weight is 490 g/mol. The zero-order valence-electron chi connectivity index (χ0n) is 20.4. The van der Waals surface area contributed by atoms with Gasteiger partial charge in [-0.3, -0.25) is 5.32 Å². The van der Waals surface area contributed by atoms with Gasteiger partial charge >= 0.3 is 6.09 Å². The molecule has 4 heterocycles. The first-order valence-corrected chi connectivity index (χ1v) is 14.0. The van der Waals surface area contributed by atoms with Crippen LogP contribution in [0.25, 0.3) is 5.52 Å². The second kappa shape index (κ2) is 7.99. The number of rotatable bonds is 5. The standard InChI is InChI=1S/C22H31N5O6Si/c1-20(2,3)34(6,7)30-11-22(10-23)17-16(31-21(4,5)33-17)15(32-22)13-8-9-14-18(26-19(28)29)24-12-25-27(13)14/h8-9,12,15-17H,11H2,1-7H3,(H,28,29)(H,24,25,26)/t15-,16-,17-,22+/m0/s1. The normalized spacial score (nSPS) is 28.6. The van der Waals surface area contributed by atoms with E-state index in [0.29, 0.717) is 11.2 Å². The first-order valence-electron chi connectivity index (χ1n) is 11.1. The van der Waals surface area contributed by atoms with Gasteiger partial charge in [-0.15, -0.1) is 0 Å². The minimum Gasteiger partial charge on any atom is -0.465 e. The number of nitriles is 1. The molecule has 11 nitrogen and oxygen atoms in total. The van der Waals surface area contributed by atoms with Gasteiger partial charge in [-0.1, -0.05) is 20.8 Å². The molecule has 0 spiro atoms. The highest BCUT2D eigenvalue weighted by molar-refractivity contribution is 6.74. The molecule has 0 unspecified atom stereocenters. The molecule has 0 aromatic carbocycles. The lowest BCUT2D eigenvalue weighted by atomic mass is 9.96. The highest BCUT2D eigenvalue weighted by Gasteiger charge is 2.65. The Morgan fingerprint density at radius 1 is 1.32 bits per heavy atom. The molecule has 2 aromatic rings. The first kappa shape index (κ1) is 24.6. The van der Waals surface area contributed by atoms with Crippen molar-refractivity contribution in [1.82, 2.24) is 14.6 Å². The van der Waals surface area contributed by atoms with E-state index in [9.17, 15) is 10.1 Å². The van der Waals surface area contributed by atoms with E-state index in [2.05, 4.69) is 55.3 Å². The van der Waals surface area contributed by atoms with Crippen LogP contribution < -0.4 is 5.32 Å². The first-order chi connectivity index (χ1) is 15.7. The van der Waals surface area contributed by atoms with Gasteiger partial charge in [0.2, 0.25) is 5.60 Å². The van der Waals surface area contributed by atoms with E-state index < -0.39 is 44.1 Å².